The number of carbonyl (C=O) groups is 3. The van der Waals surface area contributed by atoms with Crippen molar-refractivity contribution in [2.45, 2.75) is 11.7 Å². The summed E-state index contributed by atoms with van der Waals surface area (Å²) in [5, 5.41) is 5.37. The van der Waals surface area contributed by atoms with Crippen molar-refractivity contribution in [2.75, 3.05) is 20.2 Å². The second-order valence-electron chi connectivity index (χ2n) is 4.46. The van der Waals surface area contributed by atoms with Crippen LogP contribution in [0.15, 0.2) is 24.3 Å². The Morgan fingerprint density at radius 2 is 2.00 bits per heavy atom. The predicted octanol–water partition coefficient (Wildman–Crippen LogP) is 1.74. The summed E-state index contributed by atoms with van der Waals surface area (Å²) < 4.78 is 5.03. The van der Waals surface area contributed by atoms with Crippen molar-refractivity contribution in [3.63, 3.8) is 0 Å². The Bertz CT molecular complexity index is 550. The van der Waals surface area contributed by atoms with Crippen LogP contribution in [-0.4, -0.2) is 42.6 Å². The number of imide groups is 1. The van der Waals surface area contributed by atoms with Crippen LogP contribution >= 0.6 is 11.8 Å². The molecule has 1 saturated heterocycles. The first-order valence-electron chi connectivity index (χ1n) is 6.43. The molecule has 1 unspecified atom stereocenters. The van der Waals surface area contributed by atoms with Gasteiger partial charge in [0.1, 0.15) is 0 Å². The standard InChI is InChI=1S/C14H15N2O4S.Y/c1-15-6-7-20-13(18)10-4-2-9(3-5-10)8-11-12(17)16-14(19)21-11;/h2-5,11H,6-8H2,1H3,(H,16,17,19);/q-1;. The van der Waals surface area contributed by atoms with Crippen molar-refractivity contribution in [3.8, 4) is 0 Å². The normalized spacial score (nSPS) is 16.9. The van der Waals surface area contributed by atoms with Crippen LogP contribution in [0.5, 0.6) is 0 Å². The molecule has 1 radical (unpaired) electrons. The number of nitrogens with zero attached hydrogens (tertiary/aromatic N) is 1. The molecule has 0 bridgehead atoms. The first-order valence-corrected chi connectivity index (χ1v) is 7.31. The number of esters is 1. The minimum Gasteiger partial charge on any atom is -0.662 e. The molecule has 0 aliphatic carbocycles. The van der Waals surface area contributed by atoms with Crippen LogP contribution < -0.4 is 5.32 Å². The van der Waals surface area contributed by atoms with Crippen LogP contribution in [0.2, 0.25) is 0 Å². The molecule has 0 aromatic heterocycles. The number of hydrogen-bond donors (Lipinski definition) is 1. The third kappa shape index (κ3) is 5.46. The van der Waals surface area contributed by atoms with Crippen LogP contribution in [0, 0.1) is 0 Å². The van der Waals surface area contributed by atoms with Gasteiger partial charge in [0.2, 0.25) is 5.91 Å². The van der Waals surface area contributed by atoms with E-state index < -0.39 is 11.2 Å². The quantitative estimate of drug-likeness (QED) is 0.585. The van der Waals surface area contributed by atoms with E-state index in [-0.39, 0.29) is 50.5 Å². The van der Waals surface area contributed by atoms with E-state index in [2.05, 4.69) is 10.6 Å². The molecule has 1 fully saturated rings. The topological polar surface area (TPSA) is 86.6 Å². The maximum atomic E-state index is 11.7. The van der Waals surface area contributed by atoms with Gasteiger partial charge in [-0.05, 0) is 24.1 Å². The molecule has 1 N–H and O–H groups in total. The zero-order chi connectivity index (χ0) is 15.2. The zero-order valence-corrected chi connectivity index (χ0v) is 15.7. The number of likely N-dealkylation sites (N-methyl/N-ethyl adjacent to an activating group) is 1. The van der Waals surface area contributed by atoms with Gasteiger partial charge in [-0.15, -0.1) is 6.54 Å². The van der Waals surface area contributed by atoms with Crippen LogP contribution in [-0.2, 0) is 48.7 Å². The molecule has 8 heteroatoms. The Morgan fingerprint density at radius 1 is 1.32 bits per heavy atom. The van der Waals surface area contributed by atoms with Crippen LogP contribution in [0.3, 0.4) is 0 Å². The van der Waals surface area contributed by atoms with Gasteiger partial charge in [0.05, 0.1) is 17.4 Å². The van der Waals surface area contributed by atoms with Gasteiger partial charge in [0.25, 0.3) is 5.24 Å². The van der Waals surface area contributed by atoms with Gasteiger partial charge in [-0.25, -0.2) is 4.79 Å². The molecule has 2 amide bonds. The number of hydrogen-bond acceptors (Lipinski definition) is 5. The van der Waals surface area contributed by atoms with Gasteiger partial charge >= 0.3 is 5.97 Å². The third-order valence-corrected chi connectivity index (χ3v) is 3.91. The average Bonchev–Trinajstić information content (AvgIpc) is 2.78. The van der Waals surface area contributed by atoms with Gasteiger partial charge < -0.3 is 10.1 Å². The number of nitrogens with one attached hydrogen (secondary N) is 1. The van der Waals surface area contributed by atoms with E-state index in [4.69, 9.17) is 4.74 Å². The molecule has 0 saturated carbocycles. The monoisotopic (exact) mass is 396 g/mol. The fourth-order valence-electron chi connectivity index (χ4n) is 1.83. The molecule has 6 nitrogen and oxygen atoms in total. The van der Waals surface area contributed by atoms with Crippen molar-refractivity contribution in [1.29, 1.82) is 0 Å². The summed E-state index contributed by atoms with van der Waals surface area (Å²) in [6, 6.07) is 6.83. The van der Waals surface area contributed by atoms with E-state index in [1.807, 2.05) is 0 Å². The van der Waals surface area contributed by atoms with E-state index in [0.717, 1.165) is 17.3 Å². The molecule has 2 rings (SSSR count). The van der Waals surface area contributed by atoms with E-state index >= 15 is 0 Å². The summed E-state index contributed by atoms with van der Waals surface area (Å²) in [6.45, 7) is 0.740. The fourth-order valence-corrected chi connectivity index (χ4v) is 2.69. The number of rotatable bonds is 6. The predicted molar refractivity (Wildman–Crippen MR) is 79.5 cm³/mol. The number of ether oxygens (including phenoxy) is 1. The largest absolute Gasteiger partial charge is 0.662 e. The Hall–Kier alpha value is -0.756. The SMILES string of the molecule is C[N-]CCOC(=O)c1ccc(CC2SC(=O)NC2=O)cc1.[Y]. The zero-order valence-electron chi connectivity index (χ0n) is 12.1. The Balaban J connectivity index is 0.00000242. The Morgan fingerprint density at radius 3 is 2.55 bits per heavy atom. The number of thioether (sulfide) groups is 1. The fraction of sp³-hybridized carbons (Fsp3) is 0.357. The van der Waals surface area contributed by atoms with Gasteiger partial charge in [-0.2, -0.15) is 7.05 Å². The molecule has 1 aromatic rings. The molecule has 1 aliphatic rings. The smallest absolute Gasteiger partial charge is 0.338 e. The molecular weight excluding hydrogens is 381 g/mol. The third-order valence-electron chi connectivity index (χ3n) is 2.93. The van der Waals surface area contributed by atoms with Crippen molar-refractivity contribution in [1.82, 2.24) is 5.32 Å². The molecular formula is C14H15N2O4SY-. The summed E-state index contributed by atoms with van der Waals surface area (Å²) in [4.78, 5) is 34.3. The number of carbonyl (C=O) groups excluding carboxylic acids is 3. The van der Waals surface area contributed by atoms with Crippen LogP contribution in [0.4, 0.5) is 4.79 Å². The number of amides is 2. The van der Waals surface area contributed by atoms with E-state index in [1.54, 1.807) is 31.3 Å². The van der Waals surface area contributed by atoms with Crippen molar-refractivity contribution >= 4 is 28.9 Å². The van der Waals surface area contributed by atoms with Gasteiger partial charge in [0, 0.05) is 32.7 Å². The maximum absolute atomic E-state index is 11.7. The first kappa shape index (κ1) is 19.3. The summed E-state index contributed by atoms with van der Waals surface area (Å²) >= 11 is 0.991. The number of benzene rings is 1. The maximum Gasteiger partial charge on any atom is 0.338 e. The van der Waals surface area contributed by atoms with Crippen molar-refractivity contribution in [2.24, 2.45) is 0 Å². The van der Waals surface area contributed by atoms with Crippen molar-refractivity contribution < 1.29 is 51.8 Å². The second-order valence-corrected chi connectivity index (χ2v) is 5.64. The first-order chi connectivity index (χ1) is 10.1. The molecule has 0 spiro atoms. The molecule has 22 heavy (non-hydrogen) atoms. The van der Waals surface area contributed by atoms with E-state index in [9.17, 15) is 14.4 Å². The average molecular weight is 396 g/mol. The molecule has 1 aromatic carbocycles. The minimum atomic E-state index is -0.401. The summed E-state index contributed by atoms with van der Waals surface area (Å²) in [6.07, 6.45) is 0.451. The van der Waals surface area contributed by atoms with Gasteiger partial charge in [0.15, 0.2) is 0 Å². The Kier molecular flexibility index (Phi) is 8.24. The summed E-state index contributed by atoms with van der Waals surface area (Å²) in [5.74, 6) is -0.662. The second kappa shape index (κ2) is 9.40. The molecule has 1 heterocycles. The van der Waals surface area contributed by atoms with E-state index in [0.29, 0.717) is 18.5 Å². The molecule has 1 atom stereocenters. The van der Waals surface area contributed by atoms with Crippen LogP contribution in [0.25, 0.3) is 5.32 Å². The minimum absolute atomic E-state index is 0. The summed E-state index contributed by atoms with van der Waals surface area (Å²) in [7, 11) is 1.66. The molecule has 1 aliphatic heterocycles. The summed E-state index contributed by atoms with van der Waals surface area (Å²) in [5.41, 5.74) is 1.34. The molecule has 115 valence electrons. The van der Waals surface area contributed by atoms with E-state index in [1.165, 1.54) is 0 Å². The van der Waals surface area contributed by atoms with Gasteiger partial charge in [-0.3, -0.25) is 14.9 Å². The Labute approximate surface area is 158 Å². The van der Waals surface area contributed by atoms with Gasteiger partial charge in [-0.1, -0.05) is 23.9 Å². The van der Waals surface area contributed by atoms with Crippen molar-refractivity contribution in [3.05, 3.63) is 40.7 Å². The van der Waals surface area contributed by atoms with Crippen LogP contribution in [0.1, 0.15) is 15.9 Å².